The monoisotopic (exact) mass is 402 g/mol. The number of rotatable bonds is 7. The van der Waals surface area contributed by atoms with E-state index in [1.165, 1.54) is 4.31 Å². The fourth-order valence-electron chi connectivity index (χ4n) is 3.49. The minimum atomic E-state index is -3.60. The molecular formula is C21H26N2O4S. The number of carbonyl (C=O) groups excluding carboxylic acids is 1. The van der Waals surface area contributed by atoms with Crippen molar-refractivity contribution < 1.29 is 17.9 Å². The Kier molecular flexibility index (Phi) is 6.70. The molecule has 0 spiro atoms. The summed E-state index contributed by atoms with van der Waals surface area (Å²) in [7, 11) is -2.00. The molecule has 0 radical (unpaired) electrons. The van der Waals surface area contributed by atoms with E-state index in [-0.39, 0.29) is 23.3 Å². The summed E-state index contributed by atoms with van der Waals surface area (Å²) in [5.41, 5.74) is 0.935. The molecule has 0 aromatic heterocycles. The van der Waals surface area contributed by atoms with E-state index < -0.39 is 10.0 Å². The van der Waals surface area contributed by atoms with Gasteiger partial charge in [-0.3, -0.25) is 4.79 Å². The highest BCUT2D eigenvalue weighted by atomic mass is 32.2. The molecule has 1 amide bonds. The summed E-state index contributed by atoms with van der Waals surface area (Å²) < 4.78 is 32.7. The van der Waals surface area contributed by atoms with Gasteiger partial charge in [-0.25, -0.2) is 8.42 Å². The lowest BCUT2D eigenvalue weighted by Gasteiger charge is -2.34. The number of hydrogen-bond acceptors (Lipinski definition) is 4. The lowest BCUT2D eigenvalue weighted by molar-refractivity contribution is -0.122. The summed E-state index contributed by atoms with van der Waals surface area (Å²) in [6, 6.07) is 15.6. The molecule has 0 unspecified atom stereocenters. The fourth-order valence-corrected chi connectivity index (χ4v) is 5.21. The molecule has 1 N–H and O–H groups in total. The van der Waals surface area contributed by atoms with Crippen LogP contribution in [0.5, 0.6) is 5.75 Å². The topological polar surface area (TPSA) is 75.7 Å². The normalized spacial score (nSPS) is 17.8. The van der Waals surface area contributed by atoms with Gasteiger partial charge in [0.25, 0.3) is 0 Å². The third-order valence-electron chi connectivity index (χ3n) is 4.97. The SMILES string of the molecule is COc1cccc(CNC(=O)C[C@H]2CCCCN2S(=O)(=O)c2ccccc2)c1. The first-order chi connectivity index (χ1) is 13.5. The Bertz CT molecular complexity index is 900. The number of nitrogens with one attached hydrogen (secondary N) is 1. The van der Waals surface area contributed by atoms with Crippen LogP contribution in [-0.4, -0.2) is 38.3 Å². The van der Waals surface area contributed by atoms with E-state index in [4.69, 9.17) is 4.74 Å². The molecule has 3 rings (SSSR count). The quantitative estimate of drug-likeness (QED) is 0.773. The number of nitrogens with zero attached hydrogens (tertiary/aromatic N) is 1. The summed E-state index contributed by atoms with van der Waals surface area (Å²) >= 11 is 0. The van der Waals surface area contributed by atoms with Gasteiger partial charge in [0.05, 0.1) is 12.0 Å². The van der Waals surface area contributed by atoms with Gasteiger partial charge in [-0.2, -0.15) is 4.31 Å². The summed E-state index contributed by atoms with van der Waals surface area (Å²) in [6.45, 7) is 0.833. The number of ether oxygens (including phenoxy) is 1. The number of amides is 1. The third-order valence-corrected chi connectivity index (χ3v) is 6.93. The Hall–Kier alpha value is -2.38. The van der Waals surface area contributed by atoms with Gasteiger partial charge in [0.2, 0.25) is 15.9 Å². The summed E-state index contributed by atoms with van der Waals surface area (Å²) in [6.07, 6.45) is 2.59. The van der Waals surface area contributed by atoms with Crippen LogP contribution in [-0.2, 0) is 21.4 Å². The van der Waals surface area contributed by atoms with E-state index in [2.05, 4.69) is 5.32 Å². The van der Waals surface area contributed by atoms with Crippen molar-refractivity contribution in [3.63, 3.8) is 0 Å². The van der Waals surface area contributed by atoms with Gasteiger partial charge in [0.15, 0.2) is 0 Å². The first-order valence-electron chi connectivity index (χ1n) is 9.47. The van der Waals surface area contributed by atoms with Crippen molar-refractivity contribution in [1.29, 1.82) is 0 Å². The predicted octanol–water partition coefficient (Wildman–Crippen LogP) is 2.94. The van der Waals surface area contributed by atoms with Crippen molar-refractivity contribution in [2.24, 2.45) is 0 Å². The van der Waals surface area contributed by atoms with E-state index in [0.717, 1.165) is 24.2 Å². The lowest BCUT2D eigenvalue weighted by atomic mass is 10.0. The summed E-state index contributed by atoms with van der Waals surface area (Å²) in [4.78, 5) is 12.8. The van der Waals surface area contributed by atoms with Crippen LogP contribution in [0.1, 0.15) is 31.2 Å². The summed E-state index contributed by atoms with van der Waals surface area (Å²) in [5.74, 6) is 0.585. The Morgan fingerprint density at radius 1 is 1.14 bits per heavy atom. The van der Waals surface area contributed by atoms with Crippen LogP contribution < -0.4 is 10.1 Å². The average Bonchev–Trinajstić information content (AvgIpc) is 2.73. The van der Waals surface area contributed by atoms with Gasteiger partial charge < -0.3 is 10.1 Å². The van der Waals surface area contributed by atoms with E-state index in [1.807, 2.05) is 24.3 Å². The molecule has 2 aromatic rings. The van der Waals surface area contributed by atoms with Crippen LogP contribution >= 0.6 is 0 Å². The predicted molar refractivity (Wildman–Crippen MR) is 107 cm³/mol. The third kappa shape index (κ3) is 4.91. The van der Waals surface area contributed by atoms with Crippen molar-refractivity contribution >= 4 is 15.9 Å². The second-order valence-corrected chi connectivity index (χ2v) is 8.80. The molecule has 2 aromatic carbocycles. The van der Waals surface area contributed by atoms with Crippen molar-refractivity contribution in [2.75, 3.05) is 13.7 Å². The van der Waals surface area contributed by atoms with Crippen molar-refractivity contribution in [2.45, 2.75) is 43.2 Å². The lowest BCUT2D eigenvalue weighted by Crippen LogP contribution is -2.45. The summed E-state index contributed by atoms with van der Waals surface area (Å²) in [5, 5.41) is 2.89. The standard InChI is InChI=1S/C21H26N2O4S/c1-27-19-10-7-8-17(14-19)16-22-21(24)15-18-9-5-6-13-23(18)28(25,26)20-11-3-2-4-12-20/h2-4,7-8,10-12,14,18H,5-6,9,13,15-16H2,1H3,(H,22,24)/t18-/m1/s1. The van der Waals surface area contributed by atoms with Crippen LogP contribution in [0.3, 0.4) is 0 Å². The molecule has 0 aliphatic carbocycles. The Morgan fingerprint density at radius 3 is 2.68 bits per heavy atom. The highest BCUT2D eigenvalue weighted by Crippen LogP contribution is 2.27. The molecule has 28 heavy (non-hydrogen) atoms. The van der Waals surface area contributed by atoms with Crippen molar-refractivity contribution in [1.82, 2.24) is 9.62 Å². The van der Waals surface area contributed by atoms with Crippen LogP contribution in [0.25, 0.3) is 0 Å². The zero-order chi connectivity index (χ0) is 20.0. The van der Waals surface area contributed by atoms with Crippen LogP contribution in [0.15, 0.2) is 59.5 Å². The molecule has 1 atom stereocenters. The highest BCUT2D eigenvalue weighted by molar-refractivity contribution is 7.89. The van der Waals surface area contributed by atoms with E-state index in [9.17, 15) is 13.2 Å². The van der Waals surface area contributed by atoms with E-state index in [0.29, 0.717) is 19.5 Å². The molecule has 1 saturated heterocycles. The minimum absolute atomic E-state index is 0.150. The molecule has 150 valence electrons. The molecule has 7 heteroatoms. The molecule has 1 aliphatic rings. The molecule has 1 fully saturated rings. The molecule has 1 aliphatic heterocycles. The van der Waals surface area contributed by atoms with Gasteiger partial charge in [-0.1, -0.05) is 36.8 Å². The maximum Gasteiger partial charge on any atom is 0.243 e. The Balaban J connectivity index is 1.65. The van der Waals surface area contributed by atoms with Crippen molar-refractivity contribution in [3.8, 4) is 5.75 Å². The largest absolute Gasteiger partial charge is 0.497 e. The number of methoxy groups -OCH3 is 1. The van der Waals surface area contributed by atoms with Crippen LogP contribution in [0, 0.1) is 0 Å². The zero-order valence-corrected chi connectivity index (χ0v) is 16.8. The van der Waals surface area contributed by atoms with E-state index >= 15 is 0 Å². The molecule has 0 saturated carbocycles. The smallest absolute Gasteiger partial charge is 0.243 e. The van der Waals surface area contributed by atoms with Gasteiger partial charge in [-0.15, -0.1) is 0 Å². The number of hydrogen-bond donors (Lipinski definition) is 1. The number of piperidine rings is 1. The molecule has 0 bridgehead atoms. The zero-order valence-electron chi connectivity index (χ0n) is 16.0. The average molecular weight is 403 g/mol. The number of sulfonamides is 1. The molecule has 6 nitrogen and oxygen atoms in total. The maximum absolute atomic E-state index is 13.0. The maximum atomic E-state index is 13.0. The number of benzene rings is 2. The van der Waals surface area contributed by atoms with Crippen LogP contribution in [0.2, 0.25) is 0 Å². The van der Waals surface area contributed by atoms with Crippen molar-refractivity contribution in [3.05, 3.63) is 60.2 Å². The van der Waals surface area contributed by atoms with E-state index in [1.54, 1.807) is 37.4 Å². The second-order valence-electron chi connectivity index (χ2n) is 6.91. The van der Waals surface area contributed by atoms with Crippen LogP contribution in [0.4, 0.5) is 0 Å². The van der Waals surface area contributed by atoms with Gasteiger partial charge in [0.1, 0.15) is 5.75 Å². The van der Waals surface area contributed by atoms with Gasteiger partial charge >= 0.3 is 0 Å². The molecule has 1 heterocycles. The highest BCUT2D eigenvalue weighted by Gasteiger charge is 2.34. The minimum Gasteiger partial charge on any atom is -0.497 e. The first kappa shape index (κ1) is 20.4. The fraction of sp³-hybridized carbons (Fsp3) is 0.381. The Labute approximate surface area is 166 Å². The second kappa shape index (κ2) is 9.21. The van der Waals surface area contributed by atoms with Gasteiger partial charge in [-0.05, 0) is 42.7 Å². The molecular weight excluding hydrogens is 376 g/mol. The van der Waals surface area contributed by atoms with Gasteiger partial charge in [0, 0.05) is 25.6 Å². The first-order valence-corrected chi connectivity index (χ1v) is 10.9. The Morgan fingerprint density at radius 2 is 1.93 bits per heavy atom. The number of carbonyl (C=O) groups is 1.